The van der Waals surface area contributed by atoms with Gasteiger partial charge in [0.1, 0.15) is 0 Å². The average molecular weight is 274 g/mol. The lowest BCUT2D eigenvalue weighted by molar-refractivity contribution is 0.107. The van der Waals surface area contributed by atoms with Crippen molar-refractivity contribution in [3.63, 3.8) is 0 Å². The number of fused-ring (bicyclic) bond motifs is 1. The number of hydrogen-bond donors (Lipinski definition) is 1. The number of aromatic nitrogens is 3. The van der Waals surface area contributed by atoms with Gasteiger partial charge in [-0.15, -0.1) is 0 Å². The zero-order chi connectivity index (χ0) is 14.1. The number of pyridine rings is 1. The molecule has 1 aliphatic carbocycles. The molecule has 0 saturated heterocycles. The van der Waals surface area contributed by atoms with Crippen molar-refractivity contribution in [1.82, 2.24) is 20.1 Å². The number of aryl methyl sites for hydroxylation is 2. The van der Waals surface area contributed by atoms with Crippen LogP contribution in [0, 0.1) is 6.92 Å². The zero-order valence-corrected chi connectivity index (χ0v) is 12.4. The molecule has 1 N–H and O–H groups in total. The maximum Gasteiger partial charge on any atom is 0.157 e. The van der Waals surface area contributed by atoms with E-state index in [9.17, 15) is 0 Å². The summed E-state index contributed by atoms with van der Waals surface area (Å²) in [6.45, 7) is 2.89. The van der Waals surface area contributed by atoms with Gasteiger partial charge < -0.3 is 10.1 Å². The van der Waals surface area contributed by atoms with Gasteiger partial charge >= 0.3 is 0 Å². The molecule has 1 fully saturated rings. The summed E-state index contributed by atoms with van der Waals surface area (Å²) in [5.41, 5.74) is 3.21. The molecule has 3 rings (SSSR count). The van der Waals surface area contributed by atoms with E-state index < -0.39 is 0 Å². The molecule has 0 radical (unpaired) electrons. The molecule has 2 unspecified atom stereocenters. The number of nitrogens with zero attached hydrogens (tertiary/aromatic N) is 3. The normalized spacial score (nSPS) is 22.8. The molecule has 0 amide bonds. The molecule has 20 heavy (non-hydrogen) atoms. The van der Waals surface area contributed by atoms with Crippen molar-refractivity contribution in [2.45, 2.75) is 44.9 Å². The highest BCUT2D eigenvalue weighted by Gasteiger charge is 2.23. The van der Waals surface area contributed by atoms with E-state index >= 15 is 0 Å². The molecule has 2 heterocycles. The van der Waals surface area contributed by atoms with Gasteiger partial charge in [0, 0.05) is 38.3 Å². The summed E-state index contributed by atoms with van der Waals surface area (Å²) in [4.78, 5) is 4.51. The SMILES string of the molecule is COC1CCC(NCc2cnc3c(c2)c(C)nn3C)C1. The lowest BCUT2D eigenvalue weighted by Gasteiger charge is -2.12. The average Bonchev–Trinajstić information content (AvgIpc) is 3.02. The van der Waals surface area contributed by atoms with Crippen LogP contribution in [0.5, 0.6) is 0 Å². The highest BCUT2D eigenvalue weighted by molar-refractivity contribution is 5.78. The number of methoxy groups -OCH3 is 1. The quantitative estimate of drug-likeness (QED) is 0.925. The van der Waals surface area contributed by atoms with Crippen LogP contribution in [0.15, 0.2) is 12.3 Å². The van der Waals surface area contributed by atoms with E-state index in [0.717, 1.165) is 36.1 Å². The third-order valence-corrected chi connectivity index (χ3v) is 4.23. The van der Waals surface area contributed by atoms with Gasteiger partial charge in [-0.3, -0.25) is 4.68 Å². The van der Waals surface area contributed by atoms with Gasteiger partial charge in [0.15, 0.2) is 5.65 Å². The van der Waals surface area contributed by atoms with Crippen LogP contribution in [0.25, 0.3) is 11.0 Å². The van der Waals surface area contributed by atoms with Crippen molar-refractivity contribution in [2.24, 2.45) is 7.05 Å². The summed E-state index contributed by atoms with van der Waals surface area (Å²) in [6.07, 6.45) is 5.83. The fraction of sp³-hybridized carbons (Fsp3) is 0.600. The molecule has 2 atom stereocenters. The second-order valence-corrected chi connectivity index (χ2v) is 5.67. The smallest absolute Gasteiger partial charge is 0.157 e. The second-order valence-electron chi connectivity index (χ2n) is 5.67. The largest absolute Gasteiger partial charge is 0.381 e. The van der Waals surface area contributed by atoms with Crippen LogP contribution in [0.4, 0.5) is 0 Å². The van der Waals surface area contributed by atoms with Crippen LogP contribution >= 0.6 is 0 Å². The third-order valence-electron chi connectivity index (χ3n) is 4.23. The van der Waals surface area contributed by atoms with Crippen molar-refractivity contribution >= 4 is 11.0 Å². The molecule has 0 aromatic carbocycles. The van der Waals surface area contributed by atoms with E-state index in [0.29, 0.717) is 12.1 Å². The van der Waals surface area contributed by atoms with E-state index in [1.165, 1.54) is 12.0 Å². The fourth-order valence-electron chi connectivity index (χ4n) is 3.05. The Bertz CT molecular complexity index is 607. The van der Waals surface area contributed by atoms with Gasteiger partial charge in [-0.25, -0.2) is 4.98 Å². The number of nitrogens with one attached hydrogen (secondary N) is 1. The van der Waals surface area contributed by atoms with Crippen molar-refractivity contribution in [2.75, 3.05) is 7.11 Å². The molecule has 2 aromatic rings. The first-order chi connectivity index (χ1) is 9.67. The van der Waals surface area contributed by atoms with E-state index in [1.54, 1.807) is 7.11 Å². The molecule has 5 nitrogen and oxygen atoms in total. The minimum atomic E-state index is 0.425. The standard InChI is InChI=1S/C15H22N4O/c1-10-14-6-11(9-17-15(14)19(2)18-10)8-16-12-4-5-13(7-12)20-3/h6,9,12-13,16H,4-5,7-8H2,1-3H3. The van der Waals surface area contributed by atoms with E-state index in [-0.39, 0.29) is 0 Å². The highest BCUT2D eigenvalue weighted by Crippen LogP contribution is 2.22. The predicted octanol–water partition coefficient (Wildman–Crippen LogP) is 1.93. The molecule has 1 aliphatic rings. The van der Waals surface area contributed by atoms with Gasteiger partial charge in [-0.1, -0.05) is 0 Å². The highest BCUT2D eigenvalue weighted by atomic mass is 16.5. The van der Waals surface area contributed by atoms with Crippen molar-refractivity contribution in [1.29, 1.82) is 0 Å². The van der Waals surface area contributed by atoms with Crippen molar-refractivity contribution in [3.05, 3.63) is 23.5 Å². The lowest BCUT2D eigenvalue weighted by atomic mass is 10.2. The van der Waals surface area contributed by atoms with Crippen molar-refractivity contribution in [3.8, 4) is 0 Å². The Morgan fingerprint density at radius 1 is 1.45 bits per heavy atom. The minimum absolute atomic E-state index is 0.425. The third kappa shape index (κ3) is 2.55. The summed E-state index contributed by atoms with van der Waals surface area (Å²) in [7, 11) is 3.74. The van der Waals surface area contributed by atoms with Crippen LogP contribution in [-0.4, -0.2) is 34.0 Å². The summed E-state index contributed by atoms with van der Waals surface area (Å²) in [5.74, 6) is 0. The number of hydrogen-bond acceptors (Lipinski definition) is 4. The molecule has 5 heteroatoms. The fourth-order valence-corrected chi connectivity index (χ4v) is 3.05. The maximum atomic E-state index is 5.41. The summed E-state index contributed by atoms with van der Waals surface area (Å²) in [5, 5.41) is 9.16. The predicted molar refractivity (Wildman–Crippen MR) is 78.5 cm³/mol. The Morgan fingerprint density at radius 2 is 2.30 bits per heavy atom. The Morgan fingerprint density at radius 3 is 3.05 bits per heavy atom. The van der Waals surface area contributed by atoms with Gasteiger partial charge in [-0.2, -0.15) is 5.10 Å². The first kappa shape index (κ1) is 13.5. The second kappa shape index (κ2) is 5.50. The molecular formula is C15H22N4O. The number of rotatable bonds is 4. The number of ether oxygens (including phenoxy) is 1. The van der Waals surface area contributed by atoms with Crippen molar-refractivity contribution < 1.29 is 4.74 Å². The van der Waals surface area contributed by atoms with E-state index in [4.69, 9.17) is 4.74 Å². The van der Waals surface area contributed by atoms with E-state index in [1.807, 2.05) is 24.9 Å². The van der Waals surface area contributed by atoms with Crippen LogP contribution < -0.4 is 5.32 Å². The van der Waals surface area contributed by atoms with Crippen LogP contribution in [-0.2, 0) is 18.3 Å². The molecule has 1 saturated carbocycles. The lowest BCUT2D eigenvalue weighted by Crippen LogP contribution is -2.26. The molecular weight excluding hydrogens is 252 g/mol. The molecule has 0 aliphatic heterocycles. The van der Waals surface area contributed by atoms with Crippen LogP contribution in [0.2, 0.25) is 0 Å². The molecule has 108 valence electrons. The maximum absolute atomic E-state index is 5.41. The van der Waals surface area contributed by atoms with Gasteiger partial charge in [0.2, 0.25) is 0 Å². The molecule has 0 spiro atoms. The zero-order valence-electron chi connectivity index (χ0n) is 12.4. The van der Waals surface area contributed by atoms with Crippen LogP contribution in [0.3, 0.4) is 0 Å². The van der Waals surface area contributed by atoms with E-state index in [2.05, 4.69) is 21.5 Å². The van der Waals surface area contributed by atoms with Crippen LogP contribution in [0.1, 0.15) is 30.5 Å². The summed E-state index contributed by atoms with van der Waals surface area (Å²) >= 11 is 0. The Balaban J connectivity index is 1.67. The first-order valence-corrected chi connectivity index (χ1v) is 7.21. The Labute approximate surface area is 119 Å². The van der Waals surface area contributed by atoms with Gasteiger partial charge in [0.25, 0.3) is 0 Å². The summed E-state index contributed by atoms with van der Waals surface area (Å²) in [6, 6.07) is 2.76. The van der Waals surface area contributed by atoms with Gasteiger partial charge in [0.05, 0.1) is 11.8 Å². The molecule has 0 bridgehead atoms. The summed E-state index contributed by atoms with van der Waals surface area (Å²) < 4.78 is 7.24. The molecule has 2 aromatic heterocycles. The minimum Gasteiger partial charge on any atom is -0.381 e. The monoisotopic (exact) mass is 274 g/mol. The topological polar surface area (TPSA) is 52.0 Å². The first-order valence-electron chi connectivity index (χ1n) is 7.21. The Hall–Kier alpha value is -1.46. The van der Waals surface area contributed by atoms with Gasteiger partial charge in [-0.05, 0) is 37.8 Å². The Kier molecular flexibility index (Phi) is 3.72.